The molecule has 0 N–H and O–H groups in total. The summed E-state index contributed by atoms with van der Waals surface area (Å²) in [6.45, 7) is 18.0. The van der Waals surface area contributed by atoms with Crippen LogP contribution in [-0.2, 0) is 23.7 Å². The second kappa shape index (κ2) is 15.5. The highest BCUT2D eigenvalue weighted by atomic mass is 16.3. The van der Waals surface area contributed by atoms with Crippen LogP contribution in [0.1, 0.15) is 77.6 Å². The first-order chi connectivity index (χ1) is 32.9. The van der Waals surface area contributed by atoms with Crippen LogP contribution in [0, 0.1) is 0 Å². The van der Waals surface area contributed by atoms with Crippen molar-refractivity contribution in [3.63, 3.8) is 0 Å². The van der Waals surface area contributed by atoms with Gasteiger partial charge in [0.05, 0.1) is 22.7 Å². The van der Waals surface area contributed by atoms with Gasteiger partial charge in [0.1, 0.15) is 11.2 Å². The zero-order chi connectivity index (χ0) is 46.6. The average Bonchev–Trinajstić information content (AvgIpc) is 3.93. The van der Waals surface area contributed by atoms with Crippen molar-refractivity contribution in [3.8, 4) is 0 Å². The van der Waals surface area contributed by atoms with E-state index in [1.807, 2.05) is 0 Å². The molecule has 10 aromatic carbocycles. The zero-order valence-electron chi connectivity index (χ0n) is 40.3. The Morgan fingerprint density at radius 2 is 0.691 bits per heavy atom. The second-order valence-corrected chi connectivity index (χ2v) is 20.7. The minimum absolute atomic E-state index is 0.0863. The van der Waals surface area contributed by atoms with E-state index in [2.05, 4.69) is 235 Å². The molecule has 0 bridgehead atoms. The Labute approximate surface area is 398 Å². The van der Waals surface area contributed by atoms with Gasteiger partial charge in [-0.3, -0.25) is 0 Å². The van der Waals surface area contributed by atoms with E-state index in [9.17, 15) is 0 Å². The van der Waals surface area contributed by atoms with E-state index in [0.29, 0.717) is 0 Å². The van der Waals surface area contributed by atoms with Crippen LogP contribution in [0.2, 0.25) is 0 Å². The van der Waals surface area contributed by atoms with Gasteiger partial charge in [-0.05, 0) is 105 Å². The van der Waals surface area contributed by atoms with Crippen LogP contribution in [0.4, 0.5) is 34.1 Å². The Bertz CT molecular complexity index is 3640. The van der Waals surface area contributed by atoms with Crippen molar-refractivity contribution in [3.05, 3.63) is 192 Å². The topological polar surface area (TPSA) is 32.8 Å². The minimum Gasteiger partial charge on any atom is -0.454 e. The van der Waals surface area contributed by atoms with Crippen LogP contribution in [-0.4, -0.2) is 0 Å². The Balaban J connectivity index is 1.12. The smallest absolute Gasteiger partial charge is 0.159 e. The van der Waals surface area contributed by atoms with E-state index in [4.69, 9.17) is 8.83 Å². The van der Waals surface area contributed by atoms with Gasteiger partial charge >= 0.3 is 0 Å². The van der Waals surface area contributed by atoms with Crippen LogP contribution >= 0.6 is 0 Å². The van der Waals surface area contributed by atoms with Crippen LogP contribution < -0.4 is 9.80 Å². The highest BCUT2D eigenvalue weighted by Gasteiger charge is 2.28. The number of aryl methyl sites for hydroxylation is 2. The first-order valence-electron chi connectivity index (χ1n) is 24.3. The van der Waals surface area contributed by atoms with Gasteiger partial charge in [-0.2, -0.15) is 0 Å². The standard InChI is InChI=1S/C64H56N2O2/c1-9-39-23-31-43(32-24-39)65(55-21-13-17-47-45-15-11-19-51(63(3,4)5)59(45)67-61(47)55)53-37-29-41-28-36-50-54(38-30-42-27-35-49(53)57(41)58(42)50)66(44-33-25-40(10-2)26-34-44)56-22-14-18-48-46-16-12-20-52(64(6,7)8)60(46)68-62(48)56/h11-38H,9-10H2,1-8H3. The van der Waals surface area contributed by atoms with Gasteiger partial charge in [-0.25, -0.2) is 0 Å². The minimum atomic E-state index is -0.0863. The van der Waals surface area contributed by atoms with Crippen LogP contribution in [0.3, 0.4) is 0 Å². The predicted molar refractivity (Wildman–Crippen MR) is 290 cm³/mol. The number of anilines is 6. The third-order valence-corrected chi connectivity index (χ3v) is 14.4. The highest BCUT2D eigenvalue weighted by molar-refractivity contribution is 6.29. The Morgan fingerprint density at radius 1 is 0.338 bits per heavy atom. The first-order valence-corrected chi connectivity index (χ1v) is 24.3. The van der Waals surface area contributed by atoms with Gasteiger partial charge in [-0.1, -0.05) is 177 Å². The van der Waals surface area contributed by atoms with Crippen LogP contribution in [0.5, 0.6) is 0 Å². The van der Waals surface area contributed by atoms with Crippen molar-refractivity contribution in [2.45, 2.75) is 79.1 Å². The molecule has 12 rings (SSSR count). The molecule has 0 aliphatic carbocycles. The van der Waals surface area contributed by atoms with Gasteiger partial charge in [-0.15, -0.1) is 0 Å². The summed E-state index contributed by atoms with van der Waals surface area (Å²) in [6.07, 6.45) is 1.94. The summed E-state index contributed by atoms with van der Waals surface area (Å²) in [5.74, 6) is 0. The van der Waals surface area contributed by atoms with Crippen molar-refractivity contribution in [1.82, 2.24) is 0 Å². The molecule has 334 valence electrons. The van der Waals surface area contributed by atoms with Crippen molar-refractivity contribution in [2.24, 2.45) is 0 Å². The average molecular weight is 885 g/mol. The lowest BCUT2D eigenvalue weighted by Crippen LogP contribution is -2.12. The van der Waals surface area contributed by atoms with E-state index < -0.39 is 0 Å². The Hall–Kier alpha value is -7.56. The number of nitrogens with zero attached hydrogens (tertiary/aromatic N) is 2. The van der Waals surface area contributed by atoms with E-state index in [1.165, 1.54) is 54.6 Å². The fourth-order valence-electron chi connectivity index (χ4n) is 10.9. The number of furan rings is 2. The number of hydrogen-bond donors (Lipinski definition) is 0. The maximum Gasteiger partial charge on any atom is 0.159 e. The molecule has 0 saturated heterocycles. The lowest BCUT2D eigenvalue weighted by molar-refractivity contribution is 0.572. The molecular weight excluding hydrogens is 829 g/mol. The molecule has 0 aliphatic heterocycles. The molecular formula is C64H56N2O2. The predicted octanol–water partition coefficient (Wildman–Crippen LogP) is 19.0. The molecule has 0 fully saturated rings. The maximum absolute atomic E-state index is 7.09. The Morgan fingerprint density at radius 3 is 1.06 bits per heavy atom. The molecule has 0 spiro atoms. The third-order valence-electron chi connectivity index (χ3n) is 14.4. The summed E-state index contributed by atoms with van der Waals surface area (Å²) >= 11 is 0. The third kappa shape index (κ3) is 6.48. The summed E-state index contributed by atoms with van der Waals surface area (Å²) in [5, 5.41) is 11.7. The summed E-state index contributed by atoms with van der Waals surface area (Å²) in [4.78, 5) is 4.84. The van der Waals surface area contributed by atoms with E-state index in [-0.39, 0.29) is 10.8 Å². The Kier molecular flexibility index (Phi) is 9.54. The molecule has 2 heterocycles. The molecule has 68 heavy (non-hydrogen) atoms. The van der Waals surface area contributed by atoms with Gasteiger partial charge in [0.25, 0.3) is 0 Å². The highest BCUT2D eigenvalue weighted by Crippen LogP contribution is 2.51. The number of fused-ring (bicyclic) bond motifs is 6. The molecule has 0 aliphatic rings. The molecule has 12 aromatic rings. The summed E-state index contributed by atoms with van der Waals surface area (Å²) in [7, 11) is 0. The monoisotopic (exact) mass is 884 g/mol. The van der Waals surface area contributed by atoms with E-state index in [1.54, 1.807) is 0 Å². The SMILES string of the molecule is CCc1ccc(N(c2ccc3ccc4c(N(c5ccc(CC)cc5)c5cccc6c5oc5c(C(C)(C)C)cccc56)ccc5ccc2c3c54)c2cccc3c2oc2c(C(C)(C)C)cccc23)cc1. The van der Waals surface area contributed by atoms with Gasteiger partial charge < -0.3 is 18.6 Å². The molecule has 0 radical (unpaired) electrons. The maximum atomic E-state index is 7.09. The van der Waals surface area contributed by atoms with Crippen molar-refractivity contribution < 1.29 is 8.83 Å². The van der Waals surface area contributed by atoms with Crippen molar-refractivity contribution >= 4 is 110 Å². The molecule has 2 aromatic heterocycles. The molecule has 4 heteroatoms. The quantitative estimate of drug-likeness (QED) is 0.142. The number of rotatable bonds is 8. The zero-order valence-corrected chi connectivity index (χ0v) is 40.3. The fraction of sp³-hybridized carbons (Fsp3) is 0.188. The number of benzene rings is 10. The van der Waals surface area contributed by atoms with Crippen molar-refractivity contribution in [1.29, 1.82) is 0 Å². The van der Waals surface area contributed by atoms with Gasteiger partial charge in [0.2, 0.25) is 0 Å². The van der Waals surface area contributed by atoms with Crippen LogP contribution in [0.25, 0.3) is 76.2 Å². The molecule has 0 saturated carbocycles. The van der Waals surface area contributed by atoms with Crippen molar-refractivity contribution in [2.75, 3.05) is 9.80 Å². The fourth-order valence-corrected chi connectivity index (χ4v) is 10.9. The second-order valence-electron chi connectivity index (χ2n) is 20.7. The number of para-hydroxylation sites is 4. The largest absolute Gasteiger partial charge is 0.454 e. The molecule has 0 atom stereocenters. The van der Waals surface area contributed by atoms with E-state index >= 15 is 0 Å². The van der Waals surface area contributed by atoms with Gasteiger partial charge in [0.15, 0.2) is 11.2 Å². The number of hydrogen-bond acceptors (Lipinski definition) is 4. The summed E-state index contributed by atoms with van der Waals surface area (Å²) < 4.78 is 14.2. The lowest BCUT2D eigenvalue weighted by atomic mass is 9.86. The molecule has 0 amide bonds. The summed E-state index contributed by atoms with van der Waals surface area (Å²) in [5.41, 5.74) is 14.9. The van der Waals surface area contributed by atoms with E-state index in [0.717, 1.165) is 90.8 Å². The normalized spacial score (nSPS) is 12.5. The lowest BCUT2D eigenvalue weighted by Gasteiger charge is -2.29. The molecule has 4 nitrogen and oxygen atoms in total. The first kappa shape index (κ1) is 41.8. The van der Waals surface area contributed by atoms with Gasteiger partial charge in [0, 0.05) is 54.8 Å². The molecule has 0 unspecified atom stereocenters. The van der Waals surface area contributed by atoms with Crippen LogP contribution in [0.15, 0.2) is 179 Å². The summed E-state index contributed by atoms with van der Waals surface area (Å²) in [6, 6.07) is 62.9.